The second kappa shape index (κ2) is 5.44. The molecule has 1 rings (SSSR count). The van der Waals surface area contributed by atoms with E-state index in [0.29, 0.717) is 5.92 Å². The van der Waals surface area contributed by atoms with Crippen LogP contribution in [-0.2, 0) is 6.54 Å². The first kappa shape index (κ1) is 11.6. The van der Waals surface area contributed by atoms with Gasteiger partial charge in [-0.2, -0.15) is 0 Å². The van der Waals surface area contributed by atoms with Crippen LogP contribution in [-0.4, -0.2) is 7.11 Å². The van der Waals surface area contributed by atoms with Gasteiger partial charge in [0.1, 0.15) is 5.75 Å². The van der Waals surface area contributed by atoms with E-state index >= 15 is 0 Å². The maximum atomic E-state index is 5.10. The van der Waals surface area contributed by atoms with E-state index in [4.69, 9.17) is 4.74 Å². The molecule has 1 aromatic rings. The van der Waals surface area contributed by atoms with E-state index in [2.05, 4.69) is 37.9 Å². The van der Waals surface area contributed by atoms with Crippen molar-refractivity contribution in [1.29, 1.82) is 0 Å². The molecule has 0 aliphatic heterocycles. The van der Waals surface area contributed by atoms with Crippen LogP contribution in [0.1, 0.15) is 19.4 Å². The van der Waals surface area contributed by atoms with Crippen molar-refractivity contribution in [3.63, 3.8) is 0 Å². The Labute approximate surface area is 92.0 Å². The van der Waals surface area contributed by atoms with Crippen LogP contribution in [0.25, 0.3) is 0 Å². The number of benzene rings is 1. The fraction of sp³-hybridized carbons (Fsp3) is 0.385. The average molecular weight is 205 g/mol. The van der Waals surface area contributed by atoms with E-state index < -0.39 is 0 Å². The lowest BCUT2D eigenvalue weighted by atomic mass is 10.1. The largest absolute Gasteiger partial charge is 0.497 e. The van der Waals surface area contributed by atoms with Crippen LogP contribution >= 0.6 is 0 Å². The van der Waals surface area contributed by atoms with Gasteiger partial charge in [0.25, 0.3) is 0 Å². The molecular formula is C13H19NO. The van der Waals surface area contributed by atoms with Gasteiger partial charge >= 0.3 is 0 Å². The van der Waals surface area contributed by atoms with Gasteiger partial charge in [-0.05, 0) is 23.6 Å². The van der Waals surface area contributed by atoms with Crippen molar-refractivity contribution in [2.75, 3.05) is 7.11 Å². The Morgan fingerprint density at radius 2 is 1.93 bits per heavy atom. The fourth-order valence-corrected chi connectivity index (χ4v) is 1.16. The first-order chi connectivity index (χ1) is 7.13. The molecule has 82 valence electrons. The Balaban J connectivity index is 2.47. The molecule has 0 unspecified atom stereocenters. The summed E-state index contributed by atoms with van der Waals surface area (Å²) in [5.41, 5.74) is 2.31. The van der Waals surface area contributed by atoms with Crippen LogP contribution in [0, 0.1) is 5.92 Å². The molecule has 0 saturated carbocycles. The van der Waals surface area contributed by atoms with Gasteiger partial charge in [0.15, 0.2) is 0 Å². The van der Waals surface area contributed by atoms with E-state index in [9.17, 15) is 0 Å². The van der Waals surface area contributed by atoms with Crippen molar-refractivity contribution in [1.82, 2.24) is 5.32 Å². The van der Waals surface area contributed by atoms with E-state index in [-0.39, 0.29) is 0 Å². The molecule has 0 aromatic heterocycles. The van der Waals surface area contributed by atoms with Crippen LogP contribution in [0.5, 0.6) is 5.75 Å². The minimum absolute atomic E-state index is 0.475. The second-order valence-corrected chi connectivity index (χ2v) is 3.88. The van der Waals surface area contributed by atoms with Gasteiger partial charge in [-0.3, -0.25) is 0 Å². The molecule has 0 fully saturated rings. The van der Waals surface area contributed by atoms with Crippen LogP contribution in [0.4, 0.5) is 0 Å². The zero-order valence-electron chi connectivity index (χ0n) is 9.71. The maximum absolute atomic E-state index is 5.10. The predicted octanol–water partition coefficient (Wildman–Crippen LogP) is 2.95. The van der Waals surface area contributed by atoms with E-state index in [1.807, 2.05) is 12.1 Å². The third kappa shape index (κ3) is 3.66. The SMILES string of the molecule is C=C(NCc1ccc(OC)cc1)C(C)C. The summed E-state index contributed by atoms with van der Waals surface area (Å²) in [6.45, 7) is 9.04. The summed E-state index contributed by atoms with van der Waals surface area (Å²) in [6.07, 6.45) is 0. The summed E-state index contributed by atoms with van der Waals surface area (Å²) in [7, 11) is 1.67. The van der Waals surface area contributed by atoms with E-state index in [1.165, 1.54) is 5.56 Å². The van der Waals surface area contributed by atoms with E-state index in [0.717, 1.165) is 18.0 Å². The van der Waals surface area contributed by atoms with Gasteiger partial charge in [0.2, 0.25) is 0 Å². The Morgan fingerprint density at radius 3 is 2.40 bits per heavy atom. The zero-order chi connectivity index (χ0) is 11.3. The number of allylic oxidation sites excluding steroid dienone is 1. The zero-order valence-corrected chi connectivity index (χ0v) is 9.71. The lowest BCUT2D eigenvalue weighted by Gasteiger charge is -2.12. The van der Waals surface area contributed by atoms with Crippen molar-refractivity contribution in [3.8, 4) is 5.75 Å². The highest BCUT2D eigenvalue weighted by Gasteiger charge is 1.99. The van der Waals surface area contributed by atoms with Gasteiger partial charge in [-0.25, -0.2) is 0 Å². The van der Waals surface area contributed by atoms with E-state index in [1.54, 1.807) is 7.11 Å². The quantitative estimate of drug-likeness (QED) is 0.798. The fourth-order valence-electron chi connectivity index (χ4n) is 1.16. The molecular weight excluding hydrogens is 186 g/mol. The minimum atomic E-state index is 0.475. The number of nitrogens with one attached hydrogen (secondary N) is 1. The van der Waals surface area contributed by atoms with Crippen molar-refractivity contribution >= 4 is 0 Å². The highest BCUT2D eigenvalue weighted by atomic mass is 16.5. The van der Waals surface area contributed by atoms with Gasteiger partial charge in [-0.1, -0.05) is 32.6 Å². The molecule has 0 radical (unpaired) electrons. The smallest absolute Gasteiger partial charge is 0.118 e. The van der Waals surface area contributed by atoms with Gasteiger partial charge in [0.05, 0.1) is 7.11 Å². The Bertz CT molecular complexity index is 314. The molecule has 0 amide bonds. The molecule has 2 heteroatoms. The molecule has 0 aliphatic carbocycles. The van der Waals surface area contributed by atoms with Crippen molar-refractivity contribution < 1.29 is 4.74 Å². The van der Waals surface area contributed by atoms with Crippen molar-refractivity contribution in [2.45, 2.75) is 20.4 Å². The summed E-state index contributed by atoms with van der Waals surface area (Å²) in [6, 6.07) is 8.04. The molecule has 0 bridgehead atoms. The number of methoxy groups -OCH3 is 1. The number of hydrogen-bond donors (Lipinski definition) is 1. The molecule has 15 heavy (non-hydrogen) atoms. The highest BCUT2D eigenvalue weighted by molar-refractivity contribution is 5.27. The molecule has 0 heterocycles. The molecule has 1 aromatic carbocycles. The van der Waals surface area contributed by atoms with Gasteiger partial charge in [0, 0.05) is 12.2 Å². The van der Waals surface area contributed by atoms with Crippen LogP contribution in [0.3, 0.4) is 0 Å². The van der Waals surface area contributed by atoms with Crippen molar-refractivity contribution in [2.24, 2.45) is 5.92 Å². The number of ether oxygens (including phenoxy) is 1. The minimum Gasteiger partial charge on any atom is -0.497 e. The lowest BCUT2D eigenvalue weighted by molar-refractivity contribution is 0.414. The first-order valence-corrected chi connectivity index (χ1v) is 5.19. The summed E-state index contributed by atoms with van der Waals surface area (Å²) in [5.74, 6) is 1.37. The molecule has 0 spiro atoms. The van der Waals surface area contributed by atoms with Gasteiger partial charge in [-0.15, -0.1) is 0 Å². The lowest BCUT2D eigenvalue weighted by Crippen LogP contribution is -2.15. The molecule has 2 nitrogen and oxygen atoms in total. The topological polar surface area (TPSA) is 21.3 Å². The van der Waals surface area contributed by atoms with Crippen LogP contribution < -0.4 is 10.1 Å². The Hall–Kier alpha value is -1.44. The maximum Gasteiger partial charge on any atom is 0.118 e. The summed E-state index contributed by atoms with van der Waals surface area (Å²) in [5, 5.41) is 3.30. The average Bonchev–Trinajstić information content (AvgIpc) is 2.26. The number of rotatable bonds is 5. The van der Waals surface area contributed by atoms with Crippen molar-refractivity contribution in [3.05, 3.63) is 42.1 Å². The summed E-state index contributed by atoms with van der Waals surface area (Å²) >= 11 is 0. The van der Waals surface area contributed by atoms with Crippen LogP contribution in [0.2, 0.25) is 0 Å². The Kier molecular flexibility index (Phi) is 4.22. The number of hydrogen-bond acceptors (Lipinski definition) is 2. The summed E-state index contributed by atoms with van der Waals surface area (Å²) in [4.78, 5) is 0. The van der Waals surface area contributed by atoms with Crippen LogP contribution in [0.15, 0.2) is 36.5 Å². The molecule has 1 N–H and O–H groups in total. The summed E-state index contributed by atoms with van der Waals surface area (Å²) < 4.78 is 5.10. The predicted molar refractivity (Wildman–Crippen MR) is 63.8 cm³/mol. The normalized spacial score (nSPS) is 10.1. The molecule has 0 saturated heterocycles. The standard InChI is InChI=1S/C13H19NO/c1-10(2)11(3)14-9-12-5-7-13(15-4)8-6-12/h5-8,10,14H,3,9H2,1-2,4H3. The highest BCUT2D eigenvalue weighted by Crippen LogP contribution is 2.12. The molecule has 0 aliphatic rings. The van der Waals surface area contributed by atoms with Gasteiger partial charge < -0.3 is 10.1 Å². The molecule has 0 atom stereocenters. The third-order valence-electron chi connectivity index (χ3n) is 2.38. The Morgan fingerprint density at radius 1 is 1.33 bits per heavy atom. The third-order valence-corrected chi connectivity index (χ3v) is 2.38. The second-order valence-electron chi connectivity index (χ2n) is 3.88. The monoisotopic (exact) mass is 205 g/mol. The first-order valence-electron chi connectivity index (χ1n) is 5.19.